The third kappa shape index (κ3) is 2.40. The van der Waals surface area contributed by atoms with E-state index in [0.717, 1.165) is 9.87 Å². The van der Waals surface area contributed by atoms with Crippen LogP contribution in [0, 0.1) is 18.3 Å². The standard InChI is InChI=1S/C11H14N2O2S/c1-9-4-6-11(7-5-9)16(14,15)13(3)10(2)8-12/h4-7,10H,1-3H3/t10-/m1/s1. The summed E-state index contributed by atoms with van der Waals surface area (Å²) in [7, 11) is -2.15. The average Bonchev–Trinajstić information content (AvgIpc) is 2.27. The Morgan fingerprint density at radius 1 is 1.31 bits per heavy atom. The molecule has 0 aromatic heterocycles. The van der Waals surface area contributed by atoms with Crippen molar-refractivity contribution >= 4 is 10.0 Å². The van der Waals surface area contributed by atoms with Crippen LogP contribution in [-0.2, 0) is 10.0 Å². The summed E-state index contributed by atoms with van der Waals surface area (Å²) < 4.78 is 25.1. The Balaban J connectivity index is 3.13. The van der Waals surface area contributed by atoms with Gasteiger partial charge in [-0.1, -0.05) is 17.7 Å². The van der Waals surface area contributed by atoms with Crippen LogP contribution >= 0.6 is 0 Å². The molecule has 0 saturated carbocycles. The molecule has 0 radical (unpaired) electrons. The molecule has 0 amide bonds. The van der Waals surface area contributed by atoms with E-state index < -0.39 is 16.1 Å². The molecule has 16 heavy (non-hydrogen) atoms. The normalized spacial score (nSPS) is 13.4. The fraction of sp³-hybridized carbons (Fsp3) is 0.364. The van der Waals surface area contributed by atoms with E-state index in [0.29, 0.717) is 0 Å². The summed E-state index contributed by atoms with van der Waals surface area (Å²) in [4.78, 5) is 0.211. The molecular weight excluding hydrogens is 224 g/mol. The molecule has 86 valence electrons. The maximum absolute atomic E-state index is 12.0. The predicted molar refractivity (Wildman–Crippen MR) is 61.2 cm³/mol. The first-order valence-corrected chi connectivity index (χ1v) is 6.28. The highest BCUT2D eigenvalue weighted by Crippen LogP contribution is 2.16. The fourth-order valence-corrected chi connectivity index (χ4v) is 2.44. The minimum absolute atomic E-state index is 0.211. The summed E-state index contributed by atoms with van der Waals surface area (Å²) in [6.45, 7) is 3.43. The van der Waals surface area contributed by atoms with E-state index in [-0.39, 0.29) is 4.90 Å². The van der Waals surface area contributed by atoms with Crippen molar-refractivity contribution < 1.29 is 8.42 Å². The largest absolute Gasteiger partial charge is 0.243 e. The Hall–Kier alpha value is -1.38. The smallest absolute Gasteiger partial charge is 0.207 e. The zero-order valence-electron chi connectivity index (χ0n) is 9.51. The molecule has 0 saturated heterocycles. The molecule has 0 unspecified atom stereocenters. The Labute approximate surface area is 96.2 Å². The highest BCUT2D eigenvalue weighted by atomic mass is 32.2. The Morgan fingerprint density at radius 2 is 1.81 bits per heavy atom. The summed E-state index contributed by atoms with van der Waals surface area (Å²) in [6.07, 6.45) is 0. The van der Waals surface area contributed by atoms with Crippen molar-refractivity contribution in [3.63, 3.8) is 0 Å². The highest BCUT2D eigenvalue weighted by Gasteiger charge is 2.24. The molecule has 0 fully saturated rings. The first-order valence-electron chi connectivity index (χ1n) is 4.84. The molecule has 0 N–H and O–H groups in total. The zero-order valence-corrected chi connectivity index (χ0v) is 10.3. The zero-order chi connectivity index (χ0) is 12.3. The maximum Gasteiger partial charge on any atom is 0.243 e. The average molecular weight is 238 g/mol. The van der Waals surface area contributed by atoms with Crippen LogP contribution in [0.2, 0.25) is 0 Å². The predicted octanol–water partition coefficient (Wildman–Crippen LogP) is 1.53. The molecular formula is C11H14N2O2S. The van der Waals surface area contributed by atoms with Gasteiger partial charge in [0.15, 0.2) is 0 Å². The lowest BCUT2D eigenvalue weighted by Gasteiger charge is -2.19. The van der Waals surface area contributed by atoms with E-state index in [1.54, 1.807) is 31.2 Å². The fourth-order valence-electron chi connectivity index (χ4n) is 1.17. The third-order valence-corrected chi connectivity index (χ3v) is 4.37. The number of hydrogen-bond acceptors (Lipinski definition) is 3. The van der Waals surface area contributed by atoms with Crippen LogP contribution in [0.25, 0.3) is 0 Å². The molecule has 0 heterocycles. The maximum atomic E-state index is 12.0. The number of rotatable bonds is 3. The molecule has 0 aliphatic carbocycles. The lowest BCUT2D eigenvalue weighted by atomic mass is 10.2. The van der Waals surface area contributed by atoms with Crippen LogP contribution in [0.5, 0.6) is 0 Å². The van der Waals surface area contributed by atoms with Crippen LogP contribution in [0.3, 0.4) is 0 Å². The van der Waals surface area contributed by atoms with E-state index >= 15 is 0 Å². The molecule has 0 spiro atoms. The minimum atomic E-state index is -3.56. The van der Waals surface area contributed by atoms with Gasteiger partial charge in [-0.2, -0.15) is 9.57 Å². The van der Waals surface area contributed by atoms with Crippen molar-refractivity contribution in [3.8, 4) is 6.07 Å². The van der Waals surface area contributed by atoms with Crippen molar-refractivity contribution in [2.45, 2.75) is 24.8 Å². The van der Waals surface area contributed by atoms with Gasteiger partial charge >= 0.3 is 0 Å². The molecule has 0 bridgehead atoms. The van der Waals surface area contributed by atoms with Crippen molar-refractivity contribution in [1.82, 2.24) is 4.31 Å². The molecule has 1 atom stereocenters. The summed E-state index contributed by atoms with van der Waals surface area (Å²) in [5.41, 5.74) is 0.995. The van der Waals surface area contributed by atoms with Crippen molar-refractivity contribution in [2.24, 2.45) is 0 Å². The van der Waals surface area contributed by atoms with Gasteiger partial charge in [0.05, 0.1) is 11.0 Å². The number of sulfonamides is 1. The quantitative estimate of drug-likeness (QED) is 0.802. The van der Waals surface area contributed by atoms with Crippen molar-refractivity contribution in [2.75, 3.05) is 7.05 Å². The molecule has 5 heteroatoms. The van der Waals surface area contributed by atoms with Gasteiger partial charge in [0, 0.05) is 7.05 Å². The molecule has 1 rings (SSSR count). The van der Waals surface area contributed by atoms with Gasteiger partial charge in [-0.3, -0.25) is 0 Å². The van der Waals surface area contributed by atoms with Crippen LogP contribution < -0.4 is 0 Å². The molecule has 0 aliphatic heterocycles. The van der Waals surface area contributed by atoms with E-state index in [1.165, 1.54) is 7.05 Å². The number of hydrogen-bond donors (Lipinski definition) is 0. The van der Waals surface area contributed by atoms with Gasteiger partial charge in [-0.05, 0) is 26.0 Å². The number of nitrogens with zero attached hydrogens (tertiary/aromatic N) is 2. The number of nitriles is 1. The summed E-state index contributed by atoms with van der Waals surface area (Å²) in [5, 5.41) is 8.70. The summed E-state index contributed by atoms with van der Waals surface area (Å²) in [6, 6.07) is 7.79. The van der Waals surface area contributed by atoms with Crippen LogP contribution in [-0.4, -0.2) is 25.8 Å². The summed E-state index contributed by atoms with van der Waals surface area (Å²) >= 11 is 0. The molecule has 1 aromatic rings. The van der Waals surface area contributed by atoms with E-state index in [9.17, 15) is 8.42 Å². The monoisotopic (exact) mass is 238 g/mol. The highest BCUT2D eigenvalue weighted by molar-refractivity contribution is 7.89. The third-order valence-electron chi connectivity index (χ3n) is 2.43. The van der Waals surface area contributed by atoms with Gasteiger partial charge < -0.3 is 0 Å². The second kappa shape index (κ2) is 4.64. The Bertz CT molecular complexity index is 500. The second-order valence-electron chi connectivity index (χ2n) is 3.64. The lowest BCUT2D eigenvalue weighted by Crippen LogP contribution is -2.34. The van der Waals surface area contributed by atoms with Crippen LogP contribution in [0.1, 0.15) is 12.5 Å². The van der Waals surface area contributed by atoms with Crippen LogP contribution in [0.15, 0.2) is 29.2 Å². The van der Waals surface area contributed by atoms with E-state index in [4.69, 9.17) is 5.26 Å². The molecule has 1 aromatic carbocycles. The lowest BCUT2D eigenvalue weighted by molar-refractivity contribution is 0.442. The Kier molecular flexibility index (Phi) is 3.68. The SMILES string of the molecule is Cc1ccc(S(=O)(=O)N(C)[C@H](C)C#N)cc1. The van der Waals surface area contributed by atoms with Crippen LogP contribution in [0.4, 0.5) is 0 Å². The van der Waals surface area contributed by atoms with Crippen molar-refractivity contribution in [1.29, 1.82) is 5.26 Å². The minimum Gasteiger partial charge on any atom is -0.207 e. The van der Waals surface area contributed by atoms with Gasteiger partial charge in [-0.15, -0.1) is 0 Å². The number of aryl methyl sites for hydroxylation is 1. The van der Waals surface area contributed by atoms with Gasteiger partial charge in [0.25, 0.3) is 0 Å². The molecule has 4 nitrogen and oxygen atoms in total. The van der Waals surface area contributed by atoms with E-state index in [1.807, 2.05) is 13.0 Å². The van der Waals surface area contributed by atoms with Gasteiger partial charge in [0.2, 0.25) is 10.0 Å². The summed E-state index contributed by atoms with van der Waals surface area (Å²) in [5.74, 6) is 0. The van der Waals surface area contributed by atoms with Gasteiger partial charge in [0.1, 0.15) is 6.04 Å². The Morgan fingerprint density at radius 3 is 2.25 bits per heavy atom. The molecule has 0 aliphatic rings. The first kappa shape index (κ1) is 12.7. The van der Waals surface area contributed by atoms with Gasteiger partial charge in [-0.25, -0.2) is 8.42 Å². The van der Waals surface area contributed by atoms with Crippen molar-refractivity contribution in [3.05, 3.63) is 29.8 Å². The second-order valence-corrected chi connectivity index (χ2v) is 5.64. The number of benzene rings is 1. The topological polar surface area (TPSA) is 61.2 Å². The first-order chi connectivity index (χ1) is 7.39. The van der Waals surface area contributed by atoms with E-state index in [2.05, 4.69) is 0 Å².